The molecule has 21 heavy (non-hydrogen) atoms. The molecule has 0 amide bonds. The zero-order valence-electron chi connectivity index (χ0n) is 11.3. The van der Waals surface area contributed by atoms with Gasteiger partial charge in [-0.15, -0.1) is 0 Å². The lowest BCUT2D eigenvalue weighted by atomic mass is 9.95. The van der Waals surface area contributed by atoms with Crippen LogP contribution in [0.1, 0.15) is 36.2 Å². The quantitative estimate of drug-likeness (QED) is 0.447. The summed E-state index contributed by atoms with van der Waals surface area (Å²) < 4.78 is 8.55. The average molecular weight is 475 g/mol. The Bertz CT molecular complexity index is 541. The van der Waals surface area contributed by atoms with Crippen LogP contribution in [0, 0.1) is 0 Å². The van der Waals surface area contributed by atoms with Gasteiger partial charge in [-0.3, -0.25) is 0 Å². The minimum absolute atomic E-state index is 0.143. The van der Waals surface area contributed by atoms with Crippen molar-refractivity contribution in [3.05, 3.63) is 68.6 Å². The van der Waals surface area contributed by atoms with E-state index in [1.807, 2.05) is 0 Å². The van der Waals surface area contributed by atoms with Gasteiger partial charge in [-0.1, -0.05) is 72.1 Å². The molecule has 2 aromatic rings. The number of hydrogen-bond donors (Lipinski definition) is 0. The van der Waals surface area contributed by atoms with Gasteiger partial charge in [0.1, 0.15) is 0 Å². The maximum absolute atomic E-state index is 6.35. The van der Waals surface area contributed by atoms with Crippen LogP contribution in [0.2, 0.25) is 0 Å². The summed E-state index contributed by atoms with van der Waals surface area (Å²) in [5.41, 5.74) is 2.48. The monoisotopic (exact) mass is 472 g/mol. The van der Waals surface area contributed by atoms with Crippen LogP contribution in [0.3, 0.4) is 0 Å². The number of rotatable bonds is 2. The molecule has 1 aliphatic rings. The van der Waals surface area contributed by atoms with E-state index in [0.717, 1.165) is 21.8 Å². The smallest absolute Gasteiger partial charge is 0.0844 e. The maximum Gasteiger partial charge on any atom is 0.0844 e. The number of benzene rings is 2. The van der Waals surface area contributed by atoms with Crippen molar-refractivity contribution in [1.82, 2.24) is 0 Å². The summed E-state index contributed by atoms with van der Waals surface area (Å²) in [6, 6.07) is 16.8. The van der Waals surface area contributed by atoms with Crippen LogP contribution in [-0.4, -0.2) is 4.83 Å². The number of alkyl halides is 1. The molecule has 0 spiro atoms. The highest BCUT2D eigenvalue weighted by molar-refractivity contribution is 9.10. The number of ether oxygens (including phenoxy) is 1. The van der Waals surface area contributed by atoms with Gasteiger partial charge in [-0.05, 0) is 48.2 Å². The van der Waals surface area contributed by atoms with Crippen LogP contribution < -0.4 is 0 Å². The predicted molar refractivity (Wildman–Crippen MR) is 96.8 cm³/mol. The van der Waals surface area contributed by atoms with Gasteiger partial charge in [-0.2, -0.15) is 0 Å². The van der Waals surface area contributed by atoms with Crippen LogP contribution >= 0.6 is 47.8 Å². The molecular weight excluding hydrogens is 460 g/mol. The highest BCUT2D eigenvalue weighted by Gasteiger charge is 2.30. The molecule has 0 aromatic heterocycles. The third-order valence-electron chi connectivity index (χ3n) is 3.75. The minimum atomic E-state index is 0.143. The van der Waals surface area contributed by atoms with E-state index in [4.69, 9.17) is 4.74 Å². The van der Waals surface area contributed by atoms with E-state index in [1.165, 1.54) is 11.1 Å². The lowest BCUT2D eigenvalue weighted by Gasteiger charge is -2.33. The van der Waals surface area contributed by atoms with Crippen molar-refractivity contribution in [2.75, 3.05) is 0 Å². The van der Waals surface area contributed by atoms with Crippen LogP contribution in [0.4, 0.5) is 0 Å². The highest BCUT2D eigenvalue weighted by atomic mass is 79.9. The summed E-state index contributed by atoms with van der Waals surface area (Å²) >= 11 is 10.8. The van der Waals surface area contributed by atoms with E-state index in [0.29, 0.717) is 4.83 Å². The van der Waals surface area contributed by atoms with Crippen molar-refractivity contribution in [3.63, 3.8) is 0 Å². The average Bonchev–Trinajstić information content (AvgIpc) is 2.48. The fraction of sp³-hybridized carbons (Fsp3) is 0.294. The van der Waals surface area contributed by atoms with Crippen LogP contribution in [0.5, 0.6) is 0 Å². The molecule has 1 heterocycles. The van der Waals surface area contributed by atoms with Gasteiger partial charge in [0.2, 0.25) is 0 Å². The summed E-state index contributed by atoms with van der Waals surface area (Å²) in [5, 5.41) is 0. The molecule has 1 fully saturated rings. The predicted octanol–water partition coefficient (Wildman–Crippen LogP) is 6.57. The molecule has 1 aliphatic heterocycles. The summed E-state index contributed by atoms with van der Waals surface area (Å²) in [4.78, 5) is 0.480. The SMILES string of the molecule is Brc1ccc([C@@H]2CC(Br)C[C@H](c3ccc(Br)cc3)O2)cc1. The first-order valence-corrected chi connectivity index (χ1v) is 9.42. The second-order valence-corrected chi connectivity index (χ2v) is 8.41. The zero-order chi connectivity index (χ0) is 14.8. The van der Waals surface area contributed by atoms with Crippen molar-refractivity contribution in [1.29, 1.82) is 0 Å². The van der Waals surface area contributed by atoms with Gasteiger partial charge in [0.15, 0.2) is 0 Å². The van der Waals surface area contributed by atoms with Gasteiger partial charge in [0.25, 0.3) is 0 Å². The Balaban J connectivity index is 1.81. The maximum atomic E-state index is 6.35. The lowest BCUT2D eigenvalue weighted by molar-refractivity contribution is -0.0500. The Labute approximate surface area is 150 Å². The Morgan fingerprint density at radius 2 is 1.10 bits per heavy atom. The highest BCUT2D eigenvalue weighted by Crippen LogP contribution is 2.41. The number of halogens is 3. The van der Waals surface area contributed by atoms with Gasteiger partial charge in [0, 0.05) is 13.8 Å². The first-order chi connectivity index (χ1) is 10.1. The van der Waals surface area contributed by atoms with Crippen molar-refractivity contribution in [2.24, 2.45) is 0 Å². The number of hydrogen-bond acceptors (Lipinski definition) is 1. The summed E-state index contributed by atoms with van der Waals surface area (Å²) in [5.74, 6) is 0. The molecule has 0 saturated carbocycles. The summed E-state index contributed by atoms with van der Waals surface area (Å²) in [6.45, 7) is 0. The molecule has 0 radical (unpaired) electrons. The lowest BCUT2D eigenvalue weighted by Crippen LogP contribution is -2.23. The van der Waals surface area contributed by atoms with Gasteiger partial charge in [0.05, 0.1) is 12.2 Å². The molecule has 1 unspecified atom stereocenters. The molecule has 0 aliphatic carbocycles. The van der Waals surface area contributed by atoms with Crippen molar-refractivity contribution in [3.8, 4) is 0 Å². The summed E-state index contributed by atoms with van der Waals surface area (Å²) in [7, 11) is 0. The normalized spacial score (nSPS) is 25.8. The largest absolute Gasteiger partial charge is 0.366 e. The van der Waals surface area contributed by atoms with E-state index in [9.17, 15) is 0 Å². The molecule has 0 N–H and O–H groups in total. The molecule has 4 heteroatoms. The van der Waals surface area contributed by atoms with Crippen molar-refractivity contribution < 1.29 is 4.74 Å². The molecule has 3 atom stereocenters. The van der Waals surface area contributed by atoms with Crippen LogP contribution in [-0.2, 0) is 4.74 Å². The first kappa shape index (κ1) is 15.7. The van der Waals surface area contributed by atoms with Gasteiger partial charge >= 0.3 is 0 Å². The Morgan fingerprint density at radius 3 is 1.48 bits per heavy atom. The van der Waals surface area contributed by atoms with Crippen molar-refractivity contribution >= 4 is 47.8 Å². The Hall–Kier alpha value is -0.160. The van der Waals surface area contributed by atoms with Crippen molar-refractivity contribution in [2.45, 2.75) is 29.9 Å². The van der Waals surface area contributed by atoms with E-state index in [-0.39, 0.29) is 12.2 Å². The molecule has 0 bridgehead atoms. The second kappa shape index (κ2) is 6.95. The Kier molecular flexibility index (Phi) is 5.20. The fourth-order valence-corrected chi connectivity index (χ4v) is 3.86. The molecule has 2 aromatic carbocycles. The summed E-state index contributed by atoms with van der Waals surface area (Å²) in [6.07, 6.45) is 2.30. The van der Waals surface area contributed by atoms with Gasteiger partial charge < -0.3 is 4.74 Å². The van der Waals surface area contributed by atoms with Crippen LogP contribution in [0.25, 0.3) is 0 Å². The van der Waals surface area contributed by atoms with Crippen LogP contribution in [0.15, 0.2) is 57.5 Å². The minimum Gasteiger partial charge on any atom is -0.366 e. The Morgan fingerprint density at radius 1 is 0.714 bits per heavy atom. The standard InChI is InChI=1S/C17H15Br3O/c18-13-5-1-11(2-6-13)16-9-15(20)10-17(21-16)12-3-7-14(19)8-4-12/h1-8,15-17H,9-10H2/t15?,16-,17+. The van der Waals surface area contributed by atoms with E-state index in [2.05, 4.69) is 96.3 Å². The topological polar surface area (TPSA) is 9.23 Å². The first-order valence-electron chi connectivity index (χ1n) is 6.92. The van der Waals surface area contributed by atoms with E-state index in [1.54, 1.807) is 0 Å². The zero-order valence-corrected chi connectivity index (χ0v) is 16.1. The molecule has 1 saturated heterocycles. The molecule has 3 rings (SSSR count). The van der Waals surface area contributed by atoms with E-state index >= 15 is 0 Å². The fourth-order valence-electron chi connectivity index (χ4n) is 2.65. The third-order valence-corrected chi connectivity index (χ3v) is 5.56. The third kappa shape index (κ3) is 3.98. The molecule has 1 nitrogen and oxygen atoms in total. The van der Waals surface area contributed by atoms with Gasteiger partial charge in [-0.25, -0.2) is 0 Å². The van der Waals surface area contributed by atoms with E-state index < -0.39 is 0 Å². The second-order valence-electron chi connectivity index (χ2n) is 5.29. The molecule has 110 valence electrons. The molecular formula is C17H15Br3O.